The molecule has 3 rings (SSSR count). The van der Waals surface area contributed by atoms with Crippen LogP contribution in [0.15, 0.2) is 47.4 Å². The minimum Gasteiger partial charge on any atom is -0.379 e. The Morgan fingerprint density at radius 1 is 1.19 bits per heavy atom. The molecule has 2 aromatic rings. The minimum atomic E-state index is -4.06. The second kappa shape index (κ2) is 8.67. The topological polar surface area (TPSA) is 58.6 Å². The summed E-state index contributed by atoms with van der Waals surface area (Å²) in [5, 5.41) is 0.148. The molecule has 0 spiro atoms. The molecule has 0 aliphatic carbocycles. The number of nitrogens with one attached hydrogen (secondary N) is 1. The first-order valence-corrected chi connectivity index (χ1v) is 10.6. The molecular weight excluding hydrogens is 391 g/mol. The summed E-state index contributed by atoms with van der Waals surface area (Å²) in [5.74, 6) is -0.871. The summed E-state index contributed by atoms with van der Waals surface area (Å²) in [4.78, 5) is 1.72. The van der Waals surface area contributed by atoms with Gasteiger partial charge in [-0.2, -0.15) is 0 Å². The molecule has 146 valence electrons. The van der Waals surface area contributed by atoms with Gasteiger partial charge in [0.05, 0.1) is 19.3 Å². The summed E-state index contributed by atoms with van der Waals surface area (Å²) in [6.45, 7) is 5.10. The lowest BCUT2D eigenvalue weighted by Crippen LogP contribution is -2.43. The van der Waals surface area contributed by atoms with Gasteiger partial charge in [0.15, 0.2) is 0 Å². The number of ether oxygens (including phenoxy) is 1. The molecule has 1 fully saturated rings. The van der Waals surface area contributed by atoms with Crippen LogP contribution in [0.5, 0.6) is 0 Å². The average molecular weight is 413 g/mol. The first-order valence-electron chi connectivity index (χ1n) is 8.69. The second-order valence-corrected chi connectivity index (χ2v) is 8.69. The number of nitrogens with zero attached hydrogens (tertiary/aromatic N) is 1. The third kappa shape index (κ3) is 5.27. The first-order chi connectivity index (χ1) is 12.8. The van der Waals surface area contributed by atoms with Gasteiger partial charge in [0, 0.05) is 24.7 Å². The Hall–Kier alpha value is -1.51. The zero-order valence-corrected chi connectivity index (χ0v) is 16.6. The van der Waals surface area contributed by atoms with E-state index in [1.165, 1.54) is 12.1 Å². The highest BCUT2D eigenvalue weighted by molar-refractivity contribution is 7.89. The molecule has 0 bridgehead atoms. The number of morpholine rings is 1. The lowest BCUT2D eigenvalue weighted by Gasteiger charge is -2.31. The van der Waals surface area contributed by atoms with E-state index in [4.69, 9.17) is 16.3 Å². The van der Waals surface area contributed by atoms with Gasteiger partial charge in [0.1, 0.15) is 10.7 Å². The smallest absolute Gasteiger partial charge is 0.244 e. The van der Waals surface area contributed by atoms with Gasteiger partial charge in [-0.3, -0.25) is 4.90 Å². The number of sulfonamides is 1. The van der Waals surface area contributed by atoms with E-state index in [-0.39, 0.29) is 5.02 Å². The Kier molecular flexibility index (Phi) is 6.49. The largest absolute Gasteiger partial charge is 0.379 e. The standard InChI is InChI=1S/C19H22ClFN2O3S/c1-14-2-4-15(5-3-14)18(13-23-8-10-26-11-9-23)22-27(24,25)19-7-6-16(20)12-17(19)21/h2-7,12,18,22H,8-11,13H2,1H3. The third-order valence-corrected chi connectivity index (χ3v) is 6.25. The zero-order chi connectivity index (χ0) is 19.4. The van der Waals surface area contributed by atoms with E-state index in [2.05, 4.69) is 9.62 Å². The maximum Gasteiger partial charge on any atom is 0.244 e. The van der Waals surface area contributed by atoms with Gasteiger partial charge in [-0.1, -0.05) is 41.4 Å². The fraction of sp³-hybridized carbons (Fsp3) is 0.368. The highest BCUT2D eigenvalue weighted by atomic mass is 35.5. The van der Waals surface area contributed by atoms with E-state index < -0.39 is 26.8 Å². The van der Waals surface area contributed by atoms with Gasteiger partial charge in [0.25, 0.3) is 0 Å². The van der Waals surface area contributed by atoms with Crippen molar-refractivity contribution in [2.24, 2.45) is 0 Å². The Morgan fingerprint density at radius 2 is 1.85 bits per heavy atom. The molecule has 1 heterocycles. The summed E-state index contributed by atoms with van der Waals surface area (Å²) >= 11 is 5.74. The van der Waals surface area contributed by atoms with Crippen LogP contribution in [-0.4, -0.2) is 46.2 Å². The molecule has 1 atom stereocenters. The van der Waals surface area contributed by atoms with Crippen LogP contribution in [0.1, 0.15) is 17.2 Å². The summed E-state index contributed by atoms with van der Waals surface area (Å²) in [6, 6.07) is 10.7. The maximum absolute atomic E-state index is 14.2. The summed E-state index contributed by atoms with van der Waals surface area (Å²) in [7, 11) is -4.06. The Labute approximate surface area is 164 Å². The third-order valence-electron chi connectivity index (χ3n) is 4.51. The molecule has 1 saturated heterocycles. The van der Waals surface area contributed by atoms with Crippen molar-refractivity contribution in [2.75, 3.05) is 32.8 Å². The molecular formula is C19H22ClFN2O3S. The van der Waals surface area contributed by atoms with Crippen molar-refractivity contribution < 1.29 is 17.5 Å². The summed E-state index contributed by atoms with van der Waals surface area (Å²) in [6.07, 6.45) is 0. The molecule has 2 aromatic carbocycles. The van der Waals surface area contributed by atoms with Gasteiger partial charge >= 0.3 is 0 Å². The van der Waals surface area contributed by atoms with E-state index >= 15 is 0 Å². The van der Waals surface area contributed by atoms with Crippen molar-refractivity contribution in [3.05, 3.63) is 64.4 Å². The Morgan fingerprint density at radius 3 is 2.48 bits per heavy atom. The molecule has 1 aliphatic heterocycles. The van der Waals surface area contributed by atoms with E-state index in [0.717, 1.165) is 30.3 Å². The van der Waals surface area contributed by atoms with E-state index in [1.807, 2.05) is 31.2 Å². The normalized spacial score (nSPS) is 17.0. The number of halogens is 2. The Balaban J connectivity index is 1.88. The van der Waals surface area contributed by atoms with Crippen LogP contribution in [0.2, 0.25) is 5.02 Å². The average Bonchev–Trinajstić information content (AvgIpc) is 2.62. The molecule has 0 radical (unpaired) electrons. The van der Waals surface area contributed by atoms with Crippen molar-refractivity contribution >= 4 is 21.6 Å². The number of hydrogen-bond acceptors (Lipinski definition) is 4. The number of rotatable bonds is 6. The van der Waals surface area contributed by atoms with Crippen molar-refractivity contribution in [1.82, 2.24) is 9.62 Å². The Bertz CT molecular complexity index is 884. The van der Waals surface area contributed by atoms with Gasteiger partial charge in [-0.15, -0.1) is 0 Å². The quantitative estimate of drug-likeness (QED) is 0.791. The van der Waals surface area contributed by atoms with Crippen molar-refractivity contribution in [2.45, 2.75) is 17.9 Å². The number of aryl methyl sites for hydroxylation is 1. The fourth-order valence-corrected chi connectivity index (χ4v) is 4.43. The molecule has 5 nitrogen and oxygen atoms in total. The molecule has 0 amide bonds. The van der Waals surface area contributed by atoms with Crippen LogP contribution in [0, 0.1) is 12.7 Å². The molecule has 8 heteroatoms. The monoisotopic (exact) mass is 412 g/mol. The second-order valence-electron chi connectivity index (χ2n) is 6.57. The number of benzene rings is 2. The predicted octanol–water partition coefficient (Wildman–Crippen LogP) is 3.14. The van der Waals surface area contributed by atoms with Crippen molar-refractivity contribution in [3.8, 4) is 0 Å². The van der Waals surface area contributed by atoms with Crippen LogP contribution in [0.4, 0.5) is 4.39 Å². The predicted molar refractivity (Wildman–Crippen MR) is 103 cm³/mol. The molecule has 0 aromatic heterocycles. The summed E-state index contributed by atoms with van der Waals surface area (Å²) in [5.41, 5.74) is 1.90. The van der Waals surface area contributed by atoms with E-state index in [0.29, 0.717) is 19.8 Å². The lowest BCUT2D eigenvalue weighted by molar-refractivity contribution is 0.0345. The van der Waals surface area contributed by atoms with E-state index in [1.54, 1.807) is 0 Å². The maximum atomic E-state index is 14.2. The molecule has 27 heavy (non-hydrogen) atoms. The lowest BCUT2D eigenvalue weighted by atomic mass is 10.1. The summed E-state index contributed by atoms with van der Waals surface area (Å²) < 4.78 is 47.8. The van der Waals surface area contributed by atoms with Gasteiger partial charge in [-0.25, -0.2) is 17.5 Å². The highest BCUT2D eigenvalue weighted by Gasteiger charge is 2.26. The van der Waals surface area contributed by atoms with Crippen molar-refractivity contribution in [3.63, 3.8) is 0 Å². The molecule has 1 unspecified atom stereocenters. The fourth-order valence-electron chi connectivity index (χ4n) is 3.00. The number of hydrogen-bond donors (Lipinski definition) is 1. The van der Waals surface area contributed by atoms with Crippen LogP contribution in [0.3, 0.4) is 0 Å². The minimum absolute atomic E-state index is 0.148. The van der Waals surface area contributed by atoms with E-state index in [9.17, 15) is 12.8 Å². The van der Waals surface area contributed by atoms with Crippen LogP contribution in [0.25, 0.3) is 0 Å². The van der Waals surface area contributed by atoms with Crippen LogP contribution < -0.4 is 4.72 Å². The molecule has 1 N–H and O–H groups in total. The van der Waals surface area contributed by atoms with Crippen molar-refractivity contribution in [1.29, 1.82) is 0 Å². The van der Waals surface area contributed by atoms with Crippen LogP contribution >= 0.6 is 11.6 Å². The van der Waals surface area contributed by atoms with Gasteiger partial charge in [0.2, 0.25) is 10.0 Å². The highest BCUT2D eigenvalue weighted by Crippen LogP contribution is 2.23. The van der Waals surface area contributed by atoms with Gasteiger partial charge < -0.3 is 4.74 Å². The molecule has 1 aliphatic rings. The van der Waals surface area contributed by atoms with Crippen LogP contribution in [-0.2, 0) is 14.8 Å². The van der Waals surface area contributed by atoms with Gasteiger partial charge in [-0.05, 0) is 30.7 Å². The first kappa shape index (κ1) is 20.2. The zero-order valence-electron chi connectivity index (χ0n) is 15.0. The SMILES string of the molecule is Cc1ccc(C(CN2CCOCC2)NS(=O)(=O)c2ccc(Cl)cc2F)cc1. The molecule has 0 saturated carbocycles.